The van der Waals surface area contributed by atoms with Gasteiger partial charge in [0.25, 0.3) is 0 Å². The smallest absolute Gasteiger partial charge is 0.127 e. The zero-order valence-electron chi connectivity index (χ0n) is 7.75. The summed E-state index contributed by atoms with van der Waals surface area (Å²) < 4.78 is 17.8. The normalized spacial score (nSPS) is 12.6. The second-order valence-electron chi connectivity index (χ2n) is 3.05. The highest BCUT2D eigenvalue weighted by Gasteiger charge is 2.03. The Kier molecular flexibility index (Phi) is 3.25. The summed E-state index contributed by atoms with van der Waals surface area (Å²) in [6, 6.07) is 4.43. The van der Waals surface area contributed by atoms with Gasteiger partial charge in [0.2, 0.25) is 0 Å². The number of rotatable bonds is 3. The highest BCUT2D eigenvalue weighted by molar-refractivity contribution is 5.29. The Hall–Kier alpha value is -1.09. The van der Waals surface area contributed by atoms with E-state index in [1.165, 1.54) is 19.2 Å². The van der Waals surface area contributed by atoms with Gasteiger partial charge in [-0.25, -0.2) is 4.39 Å². The molecule has 0 aliphatic rings. The zero-order valence-corrected chi connectivity index (χ0v) is 7.75. The molecule has 1 rings (SSSR count). The van der Waals surface area contributed by atoms with E-state index < -0.39 is 6.10 Å². The predicted octanol–water partition coefficient (Wildman–Crippen LogP) is 1.76. The Bertz CT molecular complexity index is 284. The first-order valence-corrected chi connectivity index (χ1v) is 4.13. The van der Waals surface area contributed by atoms with Gasteiger partial charge in [0.15, 0.2) is 0 Å². The molecule has 1 atom stereocenters. The molecule has 0 fully saturated rings. The lowest BCUT2D eigenvalue weighted by molar-refractivity contribution is 0.195. The summed E-state index contributed by atoms with van der Waals surface area (Å²) in [7, 11) is 1.49. The number of hydrogen-bond donors (Lipinski definition) is 1. The van der Waals surface area contributed by atoms with Gasteiger partial charge in [-0.3, -0.25) is 0 Å². The van der Waals surface area contributed by atoms with Crippen LogP contribution < -0.4 is 4.74 Å². The Morgan fingerprint density at radius 1 is 1.46 bits per heavy atom. The summed E-state index contributed by atoms with van der Waals surface area (Å²) >= 11 is 0. The van der Waals surface area contributed by atoms with Gasteiger partial charge < -0.3 is 9.84 Å². The second kappa shape index (κ2) is 4.23. The number of halogens is 1. The first-order valence-electron chi connectivity index (χ1n) is 4.13. The van der Waals surface area contributed by atoms with Crippen molar-refractivity contribution >= 4 is 0 Å². The molecule has 72 valence electrons. The molecule has 0 radical (unpaired) electrons. The first-order chi connectivity index (χ1) is 6.11. The second-order valence-corrected chi connectivity index (χ2v) is 3.05. The highest BCUT2D eigenvalue weighted by Crippen LogP contribution is 2.16. The molecule has 1 N–H and O–H groups in total. The minimum absolute atomic E-state index is 0.338. The molecular weight excluding hydrogens is 171 g/mol. The molecule has 3 heteroatoms. The molecule has 2 nitrogen and oxygen atoms in total. The van der Waals surface area contributed by atoms with Gasteiger partial charge in [0, 0.05) is 6.07 Å². The average Bonchev–Trinajstić information content (AvgIpc) is 2.01. The van der Waals surface area contributed by atoms with Crippen LogP contribution in [-0.2, 0) is 6.42 Å². The lowest BCUT2D eigenvalue weighted by atomic mass is 10.1. The summed E-state index contributed by atoms with van der Waals surface area (Å²) in [6.07, 6.45) is -0.0276. The Morgan fingerprint density at radius 2 is 2.15 bits per heavy atom. The molecule has 0 amide bonds. The molecule has 0 saturated carbocycles. The first kappa shape index (κ1) is 9.99. The van der Waals surface area contributed by atoms with Crippen LogP contribution >= 0.6 is 0 Å². The maximum atomic E-state index is 12.9. The number of ether oxygens (including phenoxy) is 1. The van der Waals surface area contributed by atoms with Crippen LogP contribution in [0, 0.1) is 5.82 Å². The minimum atomic E-state index is -0.466. The SMILES string of the molecule is COc1cc(F)cc(CC(C)O)c1. The molecule has 0 spiro atoms. The van der Waals surface area contributed by atoms with Crippen molar-refractivity contribution in [2.45, 2.75) is 19.4 Å². The maximum Gasteiger partial charge on any atom is 0.127 e. The predicted molar refractivity (Wildman–Crippen MR) is 48.3 cm³/mol. The third kappa shape index (κ3) is 3.03. The molecule has 0 saturated heterocycles. The van der Waals surface area contributed by atoms with Crippen molar-refractivity contribution in [2.75, 3.05) is 7.11 Å². The Balaban J connectivity index is 2.88. The van der Waals surface area contributed by atoms with Crippen molar-refractivity contribution in [3.8, 4) is 5.75 Å². The number of aliphatic hydroxyl groups is 1. The van der Waals surface area contributed by atoms with E-state index in [1.54, 1.807) is 13.0 Å². The van der Waals surface area contributed by atoms with E-state index in [-0.39, 0.29) is 5.82 Å². The number of aliphatic hydroxyl groups excluding tert-OH is 1. The highest BCUT2D eigenvalue weighted by atomic mass is 19.1. The van der Waals surface area contributed by atoms with Crippen molar-refractivity contribution in [3.05, 3.63) is 29.6 Å². The molecule has 1 aromatic carbocycles. The fourth-order valence-corrected chi connectivity index (χ4v) is 1.20. The minimum Gasteiger partial charge on any atom is -0.497 e. The number of hydrogen-bond acceptors (Lipinski definition) is 2. The molecule has 0 aliphatic carbocycles. The van der Waals surface area contributed by atoms with Crippen LogP contribution in [0.25, 0.3) is 0 Å². The van der Waals surface area contributed by atoms with Crippen LogP contribution in [0.5, 0.6) is 5.75 Å². The van der Waals surface area contributed by atoms with Gasteiger partial charge >= 0.3 is 0 Å². The molecule has 0 bridgehead atoms. The van der Waals surface area contributed by atoms with Crippen molar-refractivity contribution in [3.63, 3.8) is 0 Å². The summed E-state index contributed by atoms with van der Waals surface area (Å²) in [5, 5.41) is 9.10. The molecule has 13 heavy (non-hydrogen) atoms. The zero-order chi connectivity index (χ0) is 9.84. The van der Waals surface area contributed by atoms with Crippen LogP contribution in [-0.4, -0.2) is 18.3 Å². The van der Waals surface area contributed by atoms with Crippen molar-refractivity contribution < 1.29 is 14.2 Å². The van der Waals surface area contributed by atoms with Gasteiger partial charge in [-0.2, -0.15) is 0 Å². The molecule has 0 aliphatic heterocycles. The number of benzene rings is 1. The van der Waals surface area contributed by atoms with Crippen LogP contribution in [0.2, 0.25) is 0 Å². The van der Waals surface area contributed by atoms with Crippen LogP contribution in [0.1, 0.15) is 12.5 Å². The van der Waals surface area contributed by atoms with Gasteiger partial charge in [-0.1, -0.05) is 0 Å². The maximum absolute atomic E-state index is 12.9. The molecule has 0 heterocycles. The van der Waals surface area contributed by atoms with E-state index in [1.807, 2.05) is 0 Å². The summed E-state index contributed by atoms with van der Waals surface area (Å²) in [5.41, 5.74) is 0.742. The lowest BCUT2D eigenvalue weighted by Crippen LogP contribution is -2.04. The van der Waals surface area contributed by atoms with Gasteiger partial charge in [-0.15, -0.1) is 0 Å². The quantitative estimate of drug-likeness (QED) is 0.775. The van der Waals surface area contributed by atoms with Gasteiger partial charge in [-0.05, 0) is 31.0 Å². The summed E-state index contributed by atoms with van der Waals surface area (Å²) in [5.74, 6) is 0.144. The van der Waals surface area contributed by atoms with Crippen molar-refractivity contribution in [1.29, 1.82) is 0 Å². The number of methoxy groups -OCH3 is 1. The third-order valence-corrected chi connectivity index (χ3v) is 1.70. The van der Waals surface area contributed by atoms with Crippen molar-refractivity contribution in [2.24, 2.45) is 0 Å². The fraction of sp³-hybridized carbons (Fsp3) is 0.400. The summed E-state index contributed by atoms with van der Waals surface area (Å²) in [6.45, 7) is 1.66. The molecule has 1 unspecified atom stereocenters. The van der Waals surface area contributed by atoms with Gasteiger partial charge in [0.1, 0.15) is 11.6 Å². The van der Waals surface area contributed by atoms with Crippen LogP contribution in [0.15, 0.2) is 18.2 Å². The third-order valence-electron chi connectivity index (χ3n) is 1.70. The van der Waals surface area contributed by atoms with Crippen molar-refractivity contribution in [1.82, 2.24) is 0 Å². The Morgan fingerprint density at radius 3 is 2.69 bits per heavy atom. The largest absolute Gasteiger partial charge is 0.497 e. The van der Waals surface area contributed by atoms with E-state index in [9.17, 15) is 4.39 Å². The van der Waals surface area contributed by atoms with Crippen LogP contribution in [0.3, 0.4) is 0 Å². The average molecular weight is 184 g/mol. The van der Waals surface area contributed by atoms with E-state index in [0.29, 0.717) is 12.2 Å². The fourth-order valence-electron chi connectivity index (χ4n) is 1.20. The summed E-state index contributed by atoms with van der Waals surface area (Å²) in [4.78, 5) is 0. The van der Waals surface area contributed by atoms with Gasteiger partial charge in [0.05, 0.1) is 13.2 Å². The standard InChI is InChI=1S/C10H13FO2/c1-7(12)3-8-4-9(11)6-10(5-8)13-2/h4-7,12H,3H2,1-2H3. The molecule has 0 aromatic heterocycles. The van der Waals surface area contributed by atoms with E-state index in [2.05, 4.69) is 0 Å². The topological polar surface area (TPSA) is 29.5 Å². The molecular formula is C10H13FO2. The van der Waals surface area contributed by atoms with E-state index in [0.717, 1.165) is 5.56 Å². The molecule has 1 aromatic rings. The van der Waals surface area contributed by atoms with E-state index in [4.69, 9.17) is 9.84 Å². The van der Waals surface area contributed by atoms with Crippen LogP contribution in [0.4, 0.5) is 4.39 Å². The monoisotopic (exact) mass is 184 g/mol. The lowest BCUT2D eigenvalue weighted by Gasteiger charge is -2.06. The van der Waals surface area contributed by atoms with E-state index >= 15 is 0 Å². The Labute approximate surface area is 77.0 Å².